The van der Waals surface area contributed by atoms with E-state index in [2.05, 4.69) is 34.4 Å². The highest BCUT2D eigenvalue weighted by atomic mass is 32.2. The first kappa shape index (κ1) is 15.0. The van der Waals surface area contributed by atoms with Crippen molar-refractivity contribution < 1.29 is 8.42 Å². The summed E-state index contributed by atoms with van der Waals surface area (Å²) in [5, 5.41) is 6.35. The molecular formula is C13H22N4O2S. The lowest BCUT2D eigenvalue weighted by molar-refractivity contribution is 0.561. The van der Waals surface area contributed by atoms with Crippen molar-refractivity contribution >= 4 is 21.5 Å². The minimum Gasteiger partial charge on any atom is -0.373 e. The van der Waals surface area contributed by atoms with Gasteiger partial charge in [0, 0.05) is 18.7 Å². The summed E-state index contributed by atoms with van der Waals surface area (Å²) < 4.78 is 23.4. The predicted octanol–water partition coefficient (Wildman–Crippen LogP) is 1.63. The van der Waals surface area contributed by atoms with Crippen molar-refractivity contribution in [3.8, 4) is 0 Å². The highest BCUT2D eigenvalue weighted by molar-refractivity contribution is 7.91. The summed E-state index contributed by atoms with van der Waals surface area (Å²) in [5.41, 5.74) is 0.998. The third-order valence-corrected chi connectivity index (χ3v) is 5.32. The van der Waals surface area contributed by atoms with Crippen molar-refractivity contribution in [2.24, 2.45) is 0 Å². The van der Waals surface area contributed by atoms with Gasteiger partial charge in [-0.25, -0.2) is 18.4 Å². The fourth-order valence-corrected chi connectivity index (χ4v) is 4.22. The Morgan fingerprint density at radius 3 is 2.60 bits per heavy atom. The molecule has 0 bridgehead atoms. The Hall–Kier alpha value is -1.37. The summed E-state index contributed by atoms with van der Waals surface area (Å²) in [6.45, 7) is 4.14. The number of rotatable bonds is 4. The normalized spacial score (nSPS) is 21.7. The summed E-state index contributed by atoms with van der Waals surface area (Å²) in [5.74, 6) is 2.26. The molecule has 2 rings (SSSR count). The van der Waals surface area contributed by atoms with Crippen LogP contribution in [0.2, 0.25) is 0 Å². The van der Waals surface area contributed by atoms with E-state index in [-0.39, 0.29) is 17.7 Å². The first-order chi connectivity index (χ1) is 9.43. The third-order valence-electron chi connectivity index (χ3n) is 3.50. The Labute approximate surface area is 120 Å². The van der Waals surface area contributed by atoms with Crippen molar-refractivity contribution in [2.75, 3.05) is 29.2 Å². The van der Waals surface area contributed by atoms with Gasteiger partial charge in [-0.2, -0.15) is 0 Å². The van der Waals surface area contributed by atoms with Gasteiger partial charge in [0.2, 0.25) is 0 Å². The molecule has 2 N–H and O–H groups in total. The summed E-state index contributed by atoms with van der Waals surface area (Å²) in [4.78, 5) is 8.51. The summed E-state index contributed by atoms with van der Waals surface area (Å²) >= 11 is 0. The van der Waals surface area contributed by atoms with Crippen molar-refractivity contribution in [1.29, 1.82) is 0 Å². The number of sulfone groups is 1. The van der Waals surface area contributed by atoms with Gasteiger partial charge in [-0.3, -0.25) is 0 Å². The maximum atomic E-state index is 11.7. The van der Waals surface area contributed by atoms with E-state index in [1.54, 1.807) is 0 Å². The van der Waals surface area contributed by atoms with Gasteiger partial charge in [-0.05, 0) is 18.8 Å². The van der Waals surface area contributed by atoms with Gasteiger partial charge in [0.05, 0.1) is 11.5 Å². The molecule has 112 valence electrons. The van der Waals surface area contributed by atoms with Crippen LogP contribution in [-0.4, -0.2) is 43.0 Å². The van der Waals surface area contributed by atoms with Gasteiger partial charge in [0.15, 0.2) is 9.84 Å². The highest BCUT2D eigenvalue weighted by Gasteiger charge is 2.26. The highest BCUT2D eigenvalue weighted by Crippen LogP contribution is 2.29. The van der Waals surface area contributed by atoms with Crippen LogP contribution in [-0.2, 0) is 9.84 Å². The molecule has 6 nitrogen and oxygen atoms in total. The Morgan fingerprint density at radius 1 is 1.30 bits per heavy atom. The first-order valence-electron chi connectivity index (χ1n) is 6.92. The van der Waals surface area contributed by atoms with E-state index < -0.39 is 9.84 Å². The maximum Gasteiger partial charge on any atom is 0.152 e. The summed E-state index contributed by atoms with van der Waals surface area (Å²) in [6, 6.07) is -0.0640. The van der Waals surface area contributed by atoms with E-state index in [4.69, 9.17) is 0 Å². The molecular weight excluding hydrogens is 276 g/mol. The van der Waals surface area contributed by atoms with Crippen molar-refractivity contribution in [3.63, 3.8) is 0 Å². The van der Waals surface area contributed by atoms with Gasteiger partial charge in [0.1, 0.15) is 18.0 Å². The van der Waals surface area contributed by atoms with Crippen LogP contribution < -0.4 is 10.6 Å². The summed E-state index contributed by atoms with van der Waals surface area (Å²) in [7, 11) is -1.10. The number of anilines is 2. The SMILES string of the molecule is CNc1ncnc(NC2CCCS(=O)(=O)C2)c1C(C)C. The Kier molecular flexibility index (Phi) is 4.47. The van der Waals surface area contributed by atoms with Crippen LogP contribution in [0, 0.1) is 0 Å². The topological polar surface area (TPSA) is 84.0 Å². The molecule has 1 aromatic rings. The lowest BCUT2D eigenvalue weighted by Crippen LogP contribution is -2.35. The van der Waals surface area contributed by atoms with Crippen LogP contribution in [0.15, 0.2) is 6.33 Å². The molecule has 1 saturated heterocycles. The predicted molar refractivity (Wildman–Crippen MR) is 81.0 cm³/mol. The van der Waals surface area contributed by atoms with Crippen LogP contribution in [0.3, 0.4) is 0 Å². The van der Waals surface area contributed by atoms with E-state index in [0.29, 0.717) is 12.2 Å². The van der Waals surface area contributed by atoms with Gasteiger partial charge >= 0.3 is 0 Å². The van der Waals surface area contributed by atoms with Crippen LogP contribution >= 0.6 is 0 Å². The van der Waals surface area contributed by atoms with E-state index in [1.165, 1.54) is 6.33 Å². The molecule has 1 aliphatic heterocycles. The van der Waals surface area contributed by atoms with Gasteiger partial charge in [-0.15, -0.1) is 0 Å². The van der Waals surface area contributed by atoms with Gasteiger partial charge < -0.3 is 10.6 Å². The minimum absolute atomic E-state index is 0.0640. The number of nitrogens with zero attached hydrogens (tertiary/aromatic N) is 2. The lowest BCUT2D eigenvalue weighted by atomic mass is 10.0. The molecule has 7 heteroatoms. The second-order valence-corrected chi connectivity index (χ2v) is 7.72. The fraction of sp³-hybridized carbons (Fsp3) is 0.692. The quantitative estimate of drug-likeness (QED) is 0.879. The largest absolute Gasteiger partial charge is 0.373 e. The Morgan fingerprint density at radius 2 is 2.00 bits per heavy atom. The molecule has 1 aliphatic rings. The molecule has 0 aromatic carbocycles. The molecule has 0 radical (unpaired) electrons. The lowest BCUT2D eigenvalue weighted by Gasteiger charge is -2.25. The van der Waals surface area contributed by atoms with Crippen molar-refractivity contribution in [1.82, 2.24) is 9.97 Å². The average molecular weight is 298 g/mol. The smallest absolute Gasteiger partial charge is 0.152 e. The molecule has 0 aliphatic carbocycles. The monoisotopic (exact) mass is 298 g/mol. The van der Waals surface area contributed by atoms with Crippen LogP contribution in [0.25, 0.3) is 0 Å². The van der Waals surface area contributed by atoms with E-state index in [9.17, 15) is 8.42 Å². The third kappa shape index (κ3) is 3.39. The molecule has 1 fully saturated rings. The van der Waals surface area contributed by atoms with Crippen molar-refractivity contribution in [3.05, 3.63) is 11.9 Å². The number of hydrogen-bond donors (Lipinski definition) is 2. The van der Waals surface area contributed by atoms with Crippen LogP contribution in [0.4, 0.5) is 11.6 Å². The average Bonchev–Trinajstić information content (AvgIpc) is 2.36. The summed E-state index contributed by atoms with van der Waals surface area (Å²) in [6.07, 6.45) is 3.06. The van der Waals surface area contributed by atoms with E-state index in [0.717, 1.165) is 23.6 Å². The van der Waals surface area contributed by atoms with Gasteiger partial charge in [0.25, 0.3) is 0 Å². The van der Waals surface area contributed by atoms with E-state index in [1.807, 2.05) is 7.05 Å². The molecule has 2 heterocycles. The standard InChI is InChI=1S/C13H22N4O2S/c1-9(2)11-12(14-3)15-8-16-13(11)17-10-5-4-6-20(18,19)7-10/h8-10H,4-7H2,1-3H3,(H2,14,15,16,17). The zero-order valence-electron chi connectivity index (χ0n) is 12.2. The number of hydrogen-bond acceptors (Lipinski definition) is 6. The molecule has 20 heavy (non-hydrogen) atoms. The maximum absolute atomic E-state index is 11.7. The molecule has 1 aromatic heterocycles. The second kappa shape index (κ2) is 5.95. The first-order valence-corrected chi connectivity index (χ1v) is 8.74. The fourth-order valence-electron chi connectivity index (χ4n) is 2.59. The number of nitrogens with one attached hydrogen (secondary N) is 2. The zero-order valence-corrected chi connectivity index (χ0v) is 13.0. The van der Waals surface area contributed by atoms with E-state index >= 15 is 0 Å². The van der Waals surface area contributed by atoms with Gasteiger partial charge in [-0.1, -0.05) is 13.8 Å². The second-order valence-electron chi connectivity index (χ2n) is 5.49. The minimum atomic E-state index is -2.92. The zero-order chi connectivity index (χ0) is 14.8. The molecule has 1 unspecified atom stereocenters. The van der Waals surface area contributed by atoms with Crippen LogP contribution in [0.1, 0.15) is 38.2 Å². The Balaban J connectivity index is 2.25. The molecule has 0 amide bonds. The Bertz CT molecular complexity index is 572. The number of aromatic nitrogens is 2. The van der Waals surface area contributed by atoms with Crippen molar-refractivity contribution in [2.45, 2.75) is 38.6 Å². The molecule has 0 saturated carbocycles. The molecule has 1 atom stereocenters. The molecule has 0 spiro atoms. The van der Waals surface area contributed by atoms with Crippen LogP contribution in [0.5, 0.6) is 0 Å².